The molecule has 0 saturated carbocycles. The van der Waals surface area contributed by atoms with E-state index in [0.29, 0.717) is 18.2 Å². The zero-order valence-electron chi connectivity index (χ0n) is 12.2. The molecule has 1 aromatic heterocycles. The fraction of sp³-hybridized carbons (Fsp3) is 0.400. The maximum Gasteiger partial charge on any atom is 0.251 e. The molecule has 2 heterocycles. The number of aromatic amines is 1. The van der Waals surface area contributed by atoms with E-state index in [0.717, 1.165) is 29.4 Å². The monoisotopic (exact) mass is 317 g/mol. The van der Waals surface area contributed by atoms with Gasteiger partial charge in [0.05, 0.1) is 0 Å². The molecule has 116 valence electrons. The van der Waals surface area contributed by atoms with Gasteiger partial charge >= 0.3 is 0 Å². The van der Waals surface area contributed by atoms with Gasteiger partial charge in [-0.25, -0.2) is 4.98 Å². The molecule has 0 spiro atoms. The molecule has 1 fully saturated rings. The molecule has 1 aromatic carbocycles. The third kappa shape index (κ3) is 4.08. The second kappa shape index (κ2) is 7.42. The van der Waals surface area contributed by atoms with Crippen molar-refractivity contribution in [1.82, 2.24) is 25.8 Å². The highest BCUT2D eigenvalue weighted by Crippen LogP contribution is 2.18. The summed E-state index contributed by atoms with van der Waals surface area (Å²) in [5.41, 5.74) is 1.85. The fourth-order valence-corrected chi connectivity index (χ4v) is 3.15. The summed E-state index contributed by atoms with van der Waals surface area (Å²) in [4.78, 5) is 16.2. The molecule has 0 radical (unpaired) electrons. The minimum absolute atomic E-state index is 0.0110. The van der Waals surface area contributed by atoms with E-state index < -0.39 is 0 Å². The first kappa shape index (κ1) is 15.1. The molecule has 1 aliphatic heterocycles. The van der Waals surface area contributed by atoms with Gasteiger partial charge in [0.25, 0.3) is 5.91 Å². The molecule has 22 heavy (non-hydrogen) atoms. The van der Waals surface area contributed by atoms with Gasteiger partial charge < -0.3 is 10.6 Å². The van der Waals surface area contributed by atoms with Gasteiger partial charge in [-0.05, 0) is 37.1 Å². The molecule has 1 amide bonds. The van der Waals surface area contributed by atoms with Crippen LogP contribution in [0, 0.1) is 0 Å². The standard InChI is InChI=1S/C15H19N5OS/c21-14(17-8-13-2-1-7-16-13)12-5-3-11(4-6-12)9-22-15-18-10-19-20-15/h3-6,10,13,16H,1-2,7-9H2,(H,17,21)(H,18,19,20). The van der Waals surface area contributed by atoms with Crippen LogP contribution in [0.15, 0.2) is 35.7 Å². The van der Waals surface area contributed by atoms with Crippen LogP contribution in [0.3, 0.4) is 0 Å². The Bertz CT molecular complexity index is 593. The average molecular weight is 317 g/mol. The number of carbonyl (C=O) groups is 1. The predicted molar refractivity (Wildman–Crippen MR) is 85.7 cm³/mol. The summed E-state index contributed by atoms with van der Waals surface area (Å²) in [6.45, 7) is 1.75. The first-order valence-electron chi connectivity index (χ1n) is 7.40. The van der Waals surface area contributed by atoms with Gasteiger partial charge in [0.15, 0.2) is 5.16 Å². The fourth-order valence-electron chi connectivity index (χ4n) is 2.42. The van der Waals surface area contributed by atoms with Gasteiger partial charge in [-0.1, -0.05) is 23.9 Å². The predicted octanol–water partition coefficient (Wildman–Crippen LogP) is 1.58. The Balaban J connectivity index is 1.48. The Labute approximate surface area is 133 Å². The number of nitrogens with one attached hydrogen (secondary N) is 3. The number of amides is 1. The van der Waals surface area contributed by atoms with Crippen molar-refractivity contribution in [3.05, 3.63) is 41.7 Å². The van der Waals surface area contributed by atoms with Crippen molar-refractivity contribution in [3.8, 4) is 0 Å². The molecule has 1 unspecified atom stereocenters. The number of H-pyrrole nitrogens is 1. The van der Waals surface area contributed by atoms with E-state index in [4.69, 9.17) is 0 Å². The minimum atomic E-state index is -0.0110. The van der Waals surface area contributed by atoms with E-state index in [1.807, 2.05) is 24.3 Å². The maximum absolute atomic E-state index is 12.1. The van der Waals surface area contributed by atoms with Crippen LogP contribution in [0.1, 0.15) is 28.8 Å². The summed E-state index contributed by atoms with van der Waals surface area (Å²) in [6.07, 6.45) is 3.82. The zero-order valence-corrected chi connectivity index (χ0v) is 13.0. The van der Waals surface area contributed by atoms with Crippen LogP contribution < -0.4 is 10.6 Å². The van der Waals surface area contributed by atoms with E-state index in [-0.39, 0.29) is 5.91 Å². The van der Waals surface area contributed by atoms with Gasteiger partial charge in [-0.2, -0.15) is 5.10 Å². The van der Waals surface area contributed by atoms with Crippen molar-refractivity contribution in [2.24, 2.45) is 0 Å². The molecular formula is C15H19N5OS. The van der Waals surface area contributed by atoms with Crippen molar-refractivity contribution in [1.29, 1.82) is 0 Å². The van der Waals surface area contributed by atoms with Crippen LogP contribution in [0.4, 0.5) is 0 Å². The largest absolute Gasteiger partial charge is 0.350 e. The normalized spacial score (nSPS) is 17.5. The maximum atomic E-state index is 12.1. The highest BCUT2D eigenvalue weighted by atomic mass is 32.2. The number of nitrogens with zero attached hydrogens (tertiary/aromatic N) is 2. The summed E-state index contributed by atoms with van der Waals surface area (Å²) >= 11 is 1.58. The SMILES string of the molecule is O=C(NCC1CCCN1)c1ccc(CSc2ncn[nH]2)cc1. The minimum Gasteiger partial charge on any atom is -0.350 e. The molecule has 0 bridgehead atoms. The molecule has 3 rings (SSSR count). The topological polar surface area (TPSA) is 82.7 Å². The Kier molecular flexibility index (Phi) is 5.07. The molecule has 0 aliphatic carbocycles. The lowest BCUT2D eigenvalue weighted by atomic mass is 10.1. The van der Waals surface area contributed by atoms with Gasteiger partial charge in [-0.3, -0.25) is 9.89 Å². The van der Waals surface area contributed by atoms with Crippen LogP contribution in [0.5, 0.6) is 0 Å². The van der Waals surface area contributed by atoms with Crippen LogP contribution in [0.2, 0.25) is 0 Å². The van der Waals surface area contributed by atoms with Crippen LogP contribution in [0.25, 0.3) is 0 Å². The number of carbonyl (C=O) groups excluding carboxylic acids is 1. The Hall–Kier alpha value is -1.86. The molecule has 1 aliphatic rings. The van der Waals surface area contributed by atoms with E-state index in [2.05, 4.69) is 25.8 Å². The molecule has 2 aromatic rings. The summed E-state index contributed by atoms with van der Waals surface area (Å²) in [5.74, 6) is 0.784. The number of aromatic nitrogens is 3. The van der Waals surface area contributed by atoms with Crippen molar-refractivity contribution in [3.63, 3.8) is 0 Å². The number of hydrogen-bond donors (Lipinski definition) is 3. The van der Waals surface area contributed by atoms with Gasteiger partial charge in [0.1, 0.15) is 6.33 Å². The van der Waals surface area contributed by atoms with Crippen LogP contribution in [-0.4, -0.2) is 40.2 Å². The smallest absolute Gasteiger partial charge is 0.251 e. The summed E-state index contributed by atoms with van der Waals surface area (Å²) in [5, 5.41) is 13.8. The van der Waals surface area contributed by atoms with Crippen molar-refractivity contribution in [2.75, 3.05) is 13.1 Å². The number of hydrogen-bond acceptors (Lipinski definition) is 5. The highest BCUT2D eigenvalue weighted by molar-refractivity contribution is 7.98. The molecule has 3 N–H and O–H groups in total. The van der Waals surface area contributed by atoms with Gasteiger partial charge in [0, 0.05) is 23.9 Å². The lowest BCUT2D eigenvalue weighted by Crippen LogP contribution is -2.37. The van der Waals surface area contributed by atoms with Gasteiger partial charge in [-0.15, -0.1) is 0 Å². The quantitative estimate of drug-likeness (QED) is 0.705. The Morgan fingerprint density at radius 2 is 2.23 bits per heavy atom. The van der Waals surface area contributed by atoms with Crippen molar-refractivity contribution in [2.45, 2.75) is 29.8 Å². The lowest BCUT2D eigenvalue weighted by molar-refractivity contribution is 0.0950. The lowest BCUT2D eigenvalue weighted by Gasteiger charge is -2.11. The Morgan fingerprint density at radius 3 is 2.91 bits per heavy atom. The molecule has 6 nitrogen and oxygen atoms in total. The molecular weight excluding hydrogens is 298 g/mol. The summed E-state index contributed by atoms with van der Waals surface area (Å²) in [6, 6.07) is 8.11. The first-order chi connectivity index (χ1) is 10.8. The van der Waals surface area contributed by atoms with E-state index in [9.17, 15) is 4.79 Å². The van der Waals surface area contributed by atoms with Crippen molar-refractivity contribution < 1.29 is 4.79 Å². The van der Waals surface area contributed by atoms with Crippen LogP contribution in [-0.2, 0) is 5.75 Å². The molecule has 7 heteroatoms. The third-order valence-electron chi connectivity index (χ3n) is 3.66. The summed E-state index contributed by atoms with van der Waals surface area (Å²) in [7, 11) is 0. The second-order valence-corrected chi connectivity index (χ2v) is 6.24. The zero-order chi connectivity index (χ0) is 15.2. The molecule has 1 atom stereocenters. The van der Waals surface area contributed by atoms with E-state index in [1.54, 1.807) is 11.8 Å². The highest BCUT2D eigenvalue weighted by Gasteiger charge is 2.15. The Morgan fingerprint density at radius 1 is 1.36 bits per heavy atom. The number of rotatable bonds is 6. The number of thioether (sulfide) groups is 1. The van der Waals surface area contributed by atoms with Crippen LogP contribution >= 0.6 is 11.8 Å². The van der Waals surface area contributed by atoms with E-state index >= 15 is 0 Å². The third-order valence-corrected chi connectivity index (χ3v) is 4.60. The number of benzene rings is 1. The van der Waals surface area contributed by atoms with Crippen molar-refractivity contribution >= 4 is 17.7 Å². The second-order valence-electron chi connectivity index (χ2n) is 5.28. The van der Waals surface area contributed by atoms with E-state index in [1.165, 1.54) is 12.7 Å². The first-order valence-corrected chi connectivity index (χ1v) is 8.38. The summed E-state index contributed by atoms with van der Waals surface area (Å²) < 4.78 is 0. The molecule has 1 saturated heterocycles. The van der Waals surface area contributed by atoms with Gasteiger partial charge in [0.2, 0.25) is 0 Å². The average Bonchev–Trinajstić information content (AvgIpc) is 3.24.